The van der Waals surface area contributed by atoms with Crippen LogP contribution in [0.5, 0.6) is 0 Å². The summed E-state index contributed by atoms with van der Waals surface area (Å²) >= 11 is 5.99. The van der Waals surface area contributed by atoms with E-state index in [-0.39, 0.29) is 17.9 Å². The van der Waals surface area contributed by atoms with Gasteiger partial charge >= 0.3 is 0 Å². The van der Waals surface area contributed by atoms with Crippen LogP contribution in [0.3, 0.4) is 0 Å². The van der Waals surface area contributed by atoms with E-state index in [2.05, 4.69) is 15.4 Å². The second-order valence-corrected chi connectivity index (χ2v) is 6.02. The summed E-state index contributed by atoms with van der Waals surface area (Å²) in [5, 5.41) is 8.40. The summed E-state index contributed by atoms with van der Waals surface area (Å²) in [4.78, 5) is 4.28. The van der Waals surface area contributed by atoms with Crippen molar-refractivity contribution in [3.05, 3.63) is 76.8 Å². The van der Waals surface area contributed by atoms with Crippen LogP contribution in [-0.2, 0) is 0 Å². The summed E-state index contributed by atoms with van der Waals surface area (Å²) in [6.07, 6.45) is 2.34. The van der Waals surface area contributed by atoms with Gasteiger partial charge in [-0.3, -0.25) is 0 Å². The maximum atomic E-state index is 13.2. The number of rotatable bonds is 2. The molecule has 2 atom stereocenters. The molecule has 2 unspecified atom stereocenters. The second kappa shape index (κ2) is 5.66. The Labute approximate surface area is 137 Å². The van der Waals surface area contributed by atoms with Crippen LogP contribution in [0.2, 0.25) is 5.02 Å². The molecule has 0 amide bonds. The summed E-state index contributed by atoms with van der Waals surface area (Å²) < 4.78 is 15.0. The molecular formula is C17H14ClFN4. The lowest BCUT2D eigenvalue weighted by molar-refractivity contribution is 0.430. The Bertz CT molecular complexity index is 813. The first kappa shape index (κ1) is 14.2. The van der Waals surface area contributed by atoms with E-state index in [0.29, 0.717) is 11.0 Å². The van der Waals surface area contributed by atoms with Gasteiger partial charge in [-0.2, -0.15) is 10.1 Å². The van der Waals surface area contributed by atoms with Gasteiger partial charge in [0, 0.05) is 5.02 Å². The standard InChI is InChI=1S/C17H14ClFN4/c18-13-5-1-12(2-6-13)16-9-15(11-3-7-14(19)8-4-11)22-17-20-10-21-23(16)17/h1-8,10,15-16H,9H2,(H,20,21,22). The van der Waals surface area contributed by atoms with Crippen molar-refractivity contribution in [2.75, 3.05) is 5.32 Å². The summed E-state index contributed by atoms with van der Waals surface area (Å²) in [5.41, 5.74) is 2.15. The highest BCUT2D eigenvalue weighted by atomic mass is 35.5. The molecule has 0 aliphatic carbocycles. The van der Waals surface area contributed by atoms with Crippen LogP contribution in [0.15, 0.2) is 54.9 Å². The fourth-order valence-electron chi connectivity index (χ4n) is 3.00. The Balaban J connectivity index is 1.71. The molecule has 0 bridgehead atoms. The maximum Gasteiger partial charge on any atom is 0.222 e. The molecular weight excluding hydrogens is 315 g/mol. The molecule has 1 aromatic heterocycles. The molecule has 2 aromatic carbocycles. The zero-order chi connectivity index (χ0) is 15.8. The zero-order valence-electron chi connectivity index (χ0n) is 12.2. The lowest BCUT2D eigenvalue weighted by Crippen LogP contribution is -2.28. The number of hydrogen-bond donors (Lipinski definition) is 1. The monoisotopic (exact) mass is 328 g/mol. The summed E-state index contributed by atoms with van der Waals surface area (Å²) in [7, 11) is 0. The van der Waals surface area contributed by atoms with Crippen LogP contribution < -0.4 is 5.32 Å². The molecule has 4 rings (SSSR count). The number of benzene rings is 2. The van der Waals surface area contributed by atoms with Crippen molar-refractivity contribution < 1.29 is 4.39 Å². The molecule has 6 heteroatoms. The minimum atomic E-state index is -0.234. The molecule has 1 N–H and O–H groups in total. The first-order valence-electron chi connectivity index (χ1n) is 7.38. The van der Waals surface area contributed by atoms with Crippen molar-refractivity contribution in [1.82, 2.24) is 14.8 Å². The van der Waals surface area contributed by atoms with Crippen LogP contribution >= 0.6 is 11.6 Å². The molecule has 0 radical (unpaired) electrons. The van der Waals surface area contributed by atoms with E-state index in [1.54, 1.807) is 12.1 Å². The van der Waals surface area contributed by atoms with Gasteiger partial charge in [0.25, 0.3) is 0 Å². The molecule has 116 valence electrons. The van der Waals surface area contributed by atoms with Crippen molar-refractivity contribution in [3.8, 4) is 0 Å². The highest BCUT2D eigenvalue weighted by Gasteiger charge is 2.29. The molecule has 23 heavy (non-hydrogen) atoms. The van der Waals surface area contributed by atoms with E-state index in [9.17, 15) is 4.39 Å². The van der Waals surface area contributed by atoms with Gasteiger partial charge in [-0.25, -0.2) is 9.07 Å². The van der Waals surface area contributed by atoms with Crippen molar-refractivity contribution in [3.63, 3.8) is 0 Å². The van der Waals surface area contributed by atoms with Crippen LogP contribution in [0.4, 0.5) is 10.3 Å². The number of nitrogens with zero attached hydrogens (tertiary/aromatic N) is 3. The van der Waals surface area contributed by atoms with Crippen molar-refractivity contribution in [1.29, 1.82) is 0 Å². The minimum Gasteiger partial charge on any atom is -0.348 e. The maximum absolute atomic E-state index is 13.2. The second-order valence-electron chi connectivity index (χ2n) is 5.58. The van der Waals surface area contributed by atoms with E-state index in [0.717, 1.165) is 17.5 Å². The predicted octanol–water partition coefficient (Wildman–Crippen LogP) is 4.22. The number of fused-ring (bicyclic) bond motifs is 1. The van der Waals surface area contributed by atoms with Crippen molar-refractivity contribution in [2.24, 2.45) is 0 Å². The van der Waals surface area contributed by atoms with Gasteiger partial charge in [0.05, 0.1) is 12.1 Å². The highest BCUT2D eigenvalue weighted by Crippen LogP contribution is 2.37. The third-order valence-corrected chi connectivity index (χ3v) is 4.41. The molecule has 0 fully saturated rings. The van der Waals surface area contributed by atoms with Crippen LogP contribution in [-0.4, -0.2) is 14.8 Å². The first-order valence-corrected chi connectivity index (χ1v) is 7.75. The van der Waals surface area contributed by atoms with E-state index in [1.807, 2.05) is 28.9 Å². The fourth-order valence-corrected chi connectivity index (χ4v) is 3.12. The summed E-state index contributed by atoms with van der Waals surface area (Å²) in [5.74, 6) is 0.479. The average molecular weight is 329 g/mol. The molecule has 0 saturated heterocycles. The van der Waals surface area contributed by atoms with Gasteiger partial charge in [0.1, 0.15) is 12.1 Å². The largest absolute Gasteiger partial charge is 0.348 e. The Morgan fingerprint density at radius 3 is 2.48 bits per heavy atom. The van der Waals surface area contributed by atoms with Crippen molar-refractivity contribution >= 4 is 17.5 Å². The van der Waals surface area contributed by atoms with Gasteiger partial charge < -0.3 is 5.32 Å². The summed E-state index contributed by atoms with van der Waals surface area (Å²) in [6, 6.07) is 14.4. The van der Waals surface area contributed by atoms with E-state index >= 15 is 0 Å². The van der Waals surface area contributed by atoms with Crippen molar-refractivity contribution in [2.45, 2.75) is 18.5 Å². The Kier molecular flexibility index (Phi) is 3.50. The highest BCUT2D eigenvalue weighted by molar-refractivity contribution is 6.30. The Morgan fingerprint density at radius 1 is 1.04 bits per heavy atom. The first-order chi connectivity index (χ1) is 11.2. The van der Waals surface area contributed by atoms with Crippen LogP contribution in [0.1, 0.15) is 29.6 Å². The zero-order valence-corrected chi connectivity index (χ0v) is 12.9. The van der Waals surface area contributed by atoms with Crippen LogP contribution in [0, 0.1) is 5.82 Å². The summed E-state index contributed by atoms with van der Waals surface area (Å²) in [6.45, 7) is 0. The van der Waals surface area contributed by atoms with Gasteiger partial charge in [0.15, 0.2) is 0 Å². The van der Waals surface area contributed by atoms with Gasteiger partial charge in [0.2, 0.25) is 5.95 Å². The van der Waals surface area contributed by atoms with Crippen LogP contribution in [0.25, 0.3) is 0 Å². The SMILES string of the molecule is Fc1ccc(C2CC(c3ccc(Cl)cc3)n3ncnc3N2)cc1. The van der Waals surface area contributed by atoms with E-state index < -0.39 is 0 Å². The fraction of sp³-hybridized carbons (Fsp3) is 0.176. The molecule has 1 aliphatic rings. The number of aromatic nitrogens is 3. The predicted molar refractivity (Wildman–Crippen MR) is 87.0 cm³/mol. The smallest absolute Gasteiger partial charge is 0.222 e. The molecule has 4 nitrogen and oxygen atoms in total. The third kappa shape index (κ3) is 2.68. The van der Waals surface area contributed by atoms with Gasteiger partial charge in [-0.1, -0.05) is 35.9 Å². The topological polar surface area (TPSA) is 42.7 Å². The molecule has 3 aromatic rings. The minimum absolute atomic E-state index is 0.0491. The van der Waals surface area contributed by atoms with Gasteiger partial charge in [-0.15, -0.1) is 0 Å². The van der Waals surface area contributed by atoms with Gasteiger partial charge in [-0.05, 0) is 41.8 Å². The normalized spacial score (nSPS) is 19.9. The third-order valence-electron chi connectivity index (χ3n) is 4.16. The van der Waals surface area contributed by atoms with E-state index in [1.165, 1.54) is 18.5 Å². The number of hydrogen-bond acceptors (Lipinski definition) is 3. The lowest BCUT2D eigenvalue weighted by Gasteiger charge is -2.31. The quantitative estimate of drug-likeness (QED) is 0.766. The molecule has 2 heterocycles. The Hall–Kier alpha value is -2.40. The molecule has 0 saturated carbocycles. The molecule has 0 spiro atoms. The number of halogens is 2. The Morgan fingerprint density at radius 2 is 1.74 bits per heavy atom. The lowest BCUT2D eigenvalue weighted by atomic mass is 9.93. The molecule has 1 aliphatic heterocycles. The van der Waals surface area contributed by atoms with E-state index in [4.69, 9.17) is 11.6 Å². The number of nitrogens with one attached hydrogen (secondary N) is 1. The number of anilines is 1. The average Bonchev–Trinajstić information content (AvgIpc) is 3.04.